The number of nitrogens with one attached hydrogen (secondary N) is 1. The molecule has 2 amide bonds. The van der Waals surface area contributed by atoms with E-state index in [4.69, 9.17) is 9.47 Å². The Balaban J connectivity index is 2.02. The zero-order valence-electron chi connectivity index (χ0n) is 22.4. The number of halogens is 1. The number of benzene rings is 1. The van der Waals surface area contributed by atoms with Gasteiger partial charge in [0, 0.05) is 37.1 Å². The lowest BCUT2D eigenvalue weighted by atomic mass is 9.85. The molecule has 1 fully saturated rings. The van der Waals surface area contributed by atoms with Crippen LogP contribution in [0.25, 0.3) is 0 Å². The molecular weight excluding hydrogens is 619 g/mol. The first-order chi connectivity index (χ1) is 18.7. The molecule has 0 aliphatic heterocycles. The van der Waals surface area contributed by atoms with Gasteiger partial charge in [0.05, 0.1) is 23.3 Å². The molecule has 2 aliphatic rings. The number of rotatable bonds is 12. The summed E-state index contributed by atoms with van der Waals surface area (Å²) < 4.78 is 12.2. The molecule has 1 aromatic carbocycles. The highest BCUT2D eigenvalue weighted by atomic mass is 127. The molecule has 0 aromatic heterocycles. The normalized spacial score (nSPS) is 21.5. The molecule has 214 valence electrons. The van der Waals surface area contributed by atoms with E-state index in [1.54, 1.807) is 13.0 Å². The molecule has 3 atom stereocenters. The van der Waals surface area contributed by atoms with E-state index in [1.165, 1.54) is 24.2 Å². The maximum absolute atomic E-state index is 13.3. The molecule has 10 nitrogen and oxygen atoms in total. The molecular formula is C28H37IN2O8. The van der Waals surface area contributed by atoms with Crippen molar-refractivity contribution in [1.82, 2.24) is 10.2 Å². The van der Waals surface area contributed by atoms with E-state index in [0.717, 1.165) is 32.1 Å². The van der Waals surface area contributed by atoms with Crippen molar-refractivity contribution in [3.63, 3.8) is 0 Å². The number of aliphatic hydroxyl groups excluding tert-OH is 2. The Morgan fingerprint density at radius 3 is 2.54 bits per heavy atom. The number of hydrogen-bond acceptors (Lipinski definition) is 8. The first kappa shape index (κ1) is 31.0. The monoisotopic (exact) mass is 656 g/mol. The van der Waals surface area contributed by atoms with Gasteiger partial charge in [-0.05, 0) is 59.6 Å². The largest absolute Gasteiger partial charge is 0.493 e. The second-order valence-corrected chi connectivity index (χ2v) is 11.1. The Labute approximate surface area is 242 Å². The number of hydrogen-bond donors (Lipinski definition) is 3. The highest BCUT2D eigenvalue weighted by molar-refractivity contribution is 14.1. The summed E-state index contributed by atoms with van der Waals surface area (Å²) in [6, 6.07) is 2.22. The average molecular weight is 657 g/mol. The standard InChI is InChI=1S/C28H37IN2O8/c1-3-22(34)28(37)31(15-17-7-5-4-6-8-17)21-13-19(27(36)30-9-10-32)14-23(25(21)35)39-26-20(29)11-18(16-33)12-24(26)38-2/h11-12,14,16-17,21,23,25,32,35H,3-10,13,15H2,1-2H3,(H,30,36). The van der Waals surface area contributed by atoms with E-state index in [2.05, 4.69) is 5.32 Å². The van der Waals surface area contributed by atoms with Gasteiger partial charge < -0.3 is 29.9 Å². The first-order valence-electron chi connectivity index (χ1n) is 13.3. The number of carbonyl (C=O) groups is 4. The van der Waals surface area contributed by atoms with Crippen LogP contribution in [0.3, 0.4) is 0 Å². The zero-order chi connectivity index (χ0) is 28.5. The average Bonchev–Trinajstić information content (AvgIpc) is 2.96. The second kappa shape index (κ2) is 14.8. The molecule has 0 heterocycles. The van der Waals surface area contributed by atoms with Crippen molar-refractivity contribution in [2.75, 3.05) is 26.8 Å². The number of amides is 2. The van der Waals surface area contributed by atoms with Crippen LogP contribution in [-0.2, 0) is 14.4 Å². The fourth-order valence-corrected chi connectivity index (χ4v) is 5.92. The van der Waals surface area contributed by atoms with Gasteiger partial charge in [0.2, 0.25) is 11.7 Å². The Kier molecular flexibility index (Phi) is 11.7. The van der Waals surface area contributed by atoms with Crippen LogP contribution in [0.2, 0.25) is 0 Å². The van der Waals surface area contributed by atoms with Gasteiger partial charge in [0.1, 0.15) is 18.5 Å². The van der Waals surface area contributed by atoms with E-state index in [-0.39, 0.29) is 49.0 Å². The van der Waals surface area contributed by atoms with Crippen molar-refractivity contribution in [2.45, 2.75) is 70.1 Å². The third-order valence-electron chi connectivity index (χ3n) is 7.26. The Bertz CT molecular complexity index is 1090. The fourth-order valence-electron chi connectivity index (χ4n) is 5.17. The predicted octanol–water partition coefficient (Wildman–Crippen LogP) is 2.42. The quantitative estimate of drug-likeness (QED) is 0.177. The lowest BCUT2D eigenvalue weighted by Crippen LogP contribution is -2.57. The van der Waals surface area contributed by atoms with Crippen LogP contribution in [0, 0.1) is 9.49 Å². The summed E-state index contributed by atoms with van der Waals surface area (Å²) in [5, 5.41) is 23.4. The zero-order valence-corrected chi connectivity index (χ0v) is 24.5. The number of ketones is 1. The topological polar surface area (TPSA) is 142 Å². The number of methoxy groups -OCH3 is 1. The van der Waals surface area contributed by atoms with E-state index >= 15 is 0 Å². The van der Waals surface area contributed by atoms with Gasteiger partial charge in [-0.25, -0.2) is 0 Å². The van der Waals surface area contributed by atoms with Crippen LogP contribution in [0.15, 0.2) is 23.8 Å². The minimum atomic E-state index is -1.26. The smallest absolute Gasteiger partial charge is 0.290 e. The first-order valence-corrected chi connectivity index (χ1v) is 14.4. The second-order valence-electron chi connectivity index (χ2n) is 9.91. The Morgan fingerprint density at radius 1 is 1.21 bits per heavy atom. The van der Waals surface area contributed by atoms with Crippen LogP contribution in [0.4, 0.5) is 0 Å². The summed E-state index contributed by atoms with van der Waals surface area (Å²) in [7, 11) is 1.43. The number of carbonyl (C=O) groups excluding carboxylic acids is 4. The number of Topliss-reactive ketones (excluding diaryl/α,β-unsaturated/α-hetero) is 1. The summed E-state index contributed by atoms with van der Waals surface area (Å²) in [6.07, 6.45) is 4.95. The minimum absolute atomic E-state index is 0.0199. The van der Waals surface area contributed by atoms with Crippen molar-refractivity contribution >= 4 is 46.5 Å². The van der Waals surface area contributed by atoms with Crippen molar-refractivity contribution in [2.24, 2.45) is 5.92 Å². The third-order valence-corrected chi connectivity index (χ3v) is 8.06. The van der Waals surface area contributed by atoms with Gasteiger partial charge >= 0.3 is 0 Å². The van der Waals surface area contributed by atoms with Gasteiger partial charge in [-0.3, -0.25) is 19.2 Å². The van der Waals surface area contributed by atoms with Gasteiger partial charge in [-0.1, -0.05) is 26.2 Å². The molecule has 2 aliphatic carbocycles. The lowest BCUT2D eigenvalue weighted by molar-refractivity contribution is -0.150. The summed E-state index contributed by atoms with van der Waals surface area (Å²) in [5.41, 5.74) is 0.653. The minimum Gasteiger partial charge on any atom is -0.493 e. The van der Waals surface area contributed by atoms with E-state index in [1.807, 2.05) is 22.6 Å². The van der Waals surface area contributed by atoms with Gasteiger partial charge in [-0.2, -0.15) is 0 Å². The third kappa shape index (κ3) is 7.79. The molecule has 11 heteroatoms. The summed E-state index contributed by atoms with van der Waals surface area (Å²) in [6.45, 7) is 1.71. The number of aliphatic hydroxyl groups is 2. The molecule has 0 bridgehead atoms. The van der Waals surface area contributed by atoms with E-state index in [9.17, 15) is 29.4 Å². The molecule has 0 saturated heterocycles. The van der Waals surface area contributed by atoms with Crippen molar-refractivity contribution < 1.29 is 38.9 Å². The lowest BCUT2D eigenvalue weighted by Gasteiger charge is -2.42. The van der Waals surface area contributed by atoms with Crippen LogP contribution < -0.4 is 14.8 Å². The van der Waals surface area contributed by atoms with Crippen LogP contribution in [0.5, 0.6) is 11.5 Å². The van der Waals surface area contributed by atoms with Gasteiger partial charge in [-0.15, -0.1) is 0 Å². The van der Waals surface area contributed by atoms with Crippen LogP contribution in [-0.4, -0.2) is 84.1 Å². The number of aldehydes is 1. The molecule has 39 heavy (non-hydrogen) atoms. The maximum Gasteiger partial charge on any atom is 0.290 e. The molecule has 1 aromatic rings. The Morgan fingerprint density at radius 2 is 1.92 bits per heavy atom. The van der Waals surface area contributed by atoms with E-state index in [0.29, 0.717) is 22.0 Å². The summed E-state index contributed by atoms with van der Waals surface area (Å²) >= 11 is 2.00. The van der Waals surface area contributed by atoms with Crippen LogP contribution in [0.1, 0.15) is 62.2 Å². The molecule has 3 rings (SSSR count). The SMILES string of the molecule is CCC(=O)C(=O)N(CC1CCCCC1)C1CC(C(=O)NCCO)=CC(Oc2c(I)cc(C=O)cc2OC)C1O. The predicted molar refractivity (Wildman–Crippen MR) is 152 cm³/mol. The molecule has 3 unspecified atom stereocenters. The molecule has 0 spiro atoms. The molecule has 0 radical (unpaired) electrons. The van der Waals surface area contributed by atoms with E-state index < -0.39 is 35.8 Å². The maximum atomic E-state index is 13.3. The highest BCUT2D eigenvalue weighted by Gasteiger charge is 2.42. The molecule has 1 saturated carbocycles. The molecule has 3 N–H and O–H groups in total. The van der Waals surface area contributed by atoms with Gasteiger partial charge in [0.25, 0.3) is 5.91 Å². The summed E-state index contributed by atoms with van der Waals surface area (Å²) in [4.78, 5) is 51.7. The summed E-state index contributed by atoms with van der Waals surface area (Å²) in [5.74, 6) is -0.959. The van der Waals surface area contributed by atoms with Crippen LogP contribution >= 0.6 is 22.6 Å². The highest BCUT2D eigenvalue weighted by Crippen LogP contribution is 2.37. The van der Waals surface area contributed by atoms with Crippen molar-refractivity contribution in [3.05, 3.63) is 32.9 Å². The van der Waals surface area contributed by atoms with Crippen molar-refractivity contribution in [3.8, 4) is 11.5 Å². The van der Waals surface area contributed by atoms with Crippen molar-refractivity contribution in [1.29, 1.82) is 0 Å². The Hall–Kier alpha value is -2.51. The number of ether oxygens (including phenoxy) is 2. The number of nitrogens with zero attached hydrogens (tertiary/aromatic N) is 1. The fraction of sp³-hybridized carbons (Fsp3) is 0.571. The van der Waals surface area contributed by atoms with Gasteiger partial charge in [0.15, 0.2) is 11.5 Å².